The van der Waals surface area contributed by atoms with Crippen LogP contribution in [0.15, 0.2) is 66.7 Å². The monoisotopic (exact) mass is 490 g/mol. The maximum Gasteiger partial charge on any atom is 0.404 e. The summed E-state index contributed by atoms with van der Waals surface area (Å²) in [6.07, 6.45) is 0.394. The van der Waals surface area contributed by atoms with Crippen LogP contribution in [0.5, 0.6) is 11.5 Å². The van der Waals surface area contributed by atoms with Crippen LogP contribution in [0.1, 0.15) is 54.0 Å². The van der Waals surface area contributed by atoms with Gasteiger partial charge in [-0.3, -0.25) is 10.2 Å². The first-order chi connectivity index (χ1) is 17.2. The van der Waals surface area contributed by atoms with E-state index in [1.54, 1.807) is 18.2 Å². The van der Waals surface area contributed by atoms with Crippen molar-refractivity contribution in [2.45, 2.75) is 50.9 Å². The highest BCUT2D eigenvalue weighted by Crippen LogP contribution is 2.34. The van der Waals surface area contributed by atoms with Gasteiger partial charge in [0, 0.05) is 24.3 Å². The van der Waals surface area contributed by atoms with Crippen LogP contribution >= 0.6 is 0 Å². The minimum atomic E-state index is -0.995. The molecular formula is C27H30N4O5. The third kappa shape index (κ3) is 5.92. The first-order valence-electron chi connectivity index (χ1n) is 11.7. The number of hydrazine groups is 1. The number of nitrogens with one attached hydrogen (secondary N) is 2. The van der Waals surface area contributed by atoms with Gasteiger partial charge in [-0.25, -0.2) is 15.6 Å². The summed E-state index contributed by atoms with van der Waals surface area (Å²) in [5.41, 5.74) is 4.96. The Morgan fingerprint density at radius 1 is 1.00 bits per heavy atom. The fraction of sp³-hybridized carbons (Fsp3) is 0.296. The summed E-state index contributed by atoms with van der Waals surface area (Å²) in [7, 11) is 0. The molecule has 2 amide bonds. The van der Waals surface area contributed by atoms with Gasteiger partial charge in [-0.05, 0) is 47.5 Å². The Balaban J connectivity index is 1.33. The second-order valence-electron chi connectivity index (χ2n) is 9.31. The Morgan fingerprint density at radius 3 is 2.19 bits per heavy atom. The molecule has 0 bridgehead atoms. The summed E-state index contributed by atoms with van der Waals surface area (Å²) < 4.78 is 11.8. The number of hydrogen-bond donors (Lipinski definition) is 4. The zero-order chi connectivity index (χ0) is 25.7. The summed E-state index contributed by atoms with van der Waals surface area (Å²) in [6, 6.07) is 21.0. The number of nitrogens with zero attached hydrogens (tertiary/aromatic N) is 1. The van der Waals surface area contributed by atoms with E-state index < -0.39 is 12.0 Å². The zero-order valence-corrected chi connectivity index (χ0v) is 20.2. The van der Waals surface area contributed by atoms with E-state index in [9.17, 15) is 9.59 Å². The third-order valence-corrected chi connectivity index (χ3v) is 6.43. The van der Waals surface area contributed by atoms with Crippen LogP contribution in [-0.2, 0) is 12.0 Å². The number of rotatable bonds is 9. The molecule has 1 aliphatic rings. The Labute approximate surface area is 209 Å². The predicted octanol–water partition coefficient (Wildman–Crippen LogP) is 3.77. The molecule has 36 heavy (non-hydrogen) atoms. The van der Waals surface area contributed by atoms with E-state index in [2.05, 4.69) is 41.7 Å². The van der Waals surface area contributed by atoms with Crippen LogP contribution in [0.25, 0.3) is 0 Å². The number of benzene rings is 2. The van der Waals surface area contributed by atoms with Crippen LogP contribution in [0.2, 0.25) is 0 Å². The van der Waals surface area contributed by atoms with Gasteiger partial charge in [-0.1, -0.05) is 44.2 Å². The number of ether oxygens (including phenoxy) is 2. The SMILES string of the molecule is CC(C)(c1ccc(OCc2cccc(C(=O)NN)n2)cc1)c1ccc(O[C@H]2C[C@H](NC(=O)O)C2)cc1. The molecule has 1 heterocycles. The van der Waals surface area contributed by atoms with Crippen molar-refractivity contribution in [1.82, 2.24) is 15.7 Å². The highest BCUT2D eigenvalue weighted by molar-refractivity contribution is 5.91. The van der Waals surface area contributed by atoms with Gasteiger partial charge in [-0.15, -0.1) is 0 Å². The van der Waals surface area contributed by atoms with Crippen molar-refractivity contribution in [3.8, 4) is 11.5 Å². The van der Waals surface area contributed by atoms with Gasteiger partial charge in [0.2, 0.25) is 0 Å². The number of carbonyl (C=O) groups is 2. The van der Waals surface area contributed by atoms with Crippen LogP contribution in [0, 0.1) is 0 Å². The Hall–Kier alpha value is -4.11. The van der Waals surface area contributed by atoms with Gasteiger partial charge < -0.3 is 19.9 Å². The smallest absolute Gasteiger partial charge is 0.404 e. The average molecular weight is 491 g/mol. The van der Waals surface area contributed by atoms with Crippen LogP contribution in [-0.4, -0.2) is 34.2 Å². The van der Waals surface area contributed by atoms with Gasteiger partial charge in [0.05, 0.1) is 5.69 Å². The topological polar surface area (TPSA) is 136 Å². The molecular weight excluding hydrogens is 460 g/mol. The highest BCUT2D eigenvalue weighted by atomic mass is 16.5. The molecule has 188 valence electrons. The Morgan fingerprint density at radius 2 is 1.61 bits per heavy atom. The van der Waals surface area contributed by atoms with Crippen molar-refractivity contribution in [1.29, 1.82) is 0 Å². The lowest BCUT2D eigenvalue weighted by Gasteiger charge is -2.35. The van der Waals surface area contributed by atoms with Crippen molar-refractivity contribution in [3.05, 3.63) is 89.2 Å². The molecule has 0 aliphatic heterocycles. The molecule has 0 unspecified atom stereocenters. The van der Waals surface area contributed by atoms with E-state index in [1.165, 1.54) is 0 Å². The average Bonchev–Trinajstić information content (AvgIpc) is 2.86. The molecule has 2 aromatic carbocycles. The van der Waals surface area contributed by atoms with Crippen molar-refractivity contribution >= 4 is 12.0 Å². The summed E-state index contributed by atoms with van der Waals surface area (Å²) in [5, 5.41) is 11.2. The first kappa shape index (κ1) is 25.0. The van der Waals surface area contributed by atoms with E-state index in [1.807, 2.05) is 36.4 Å². The van der Waals surface area contributed by atoms with Gasteiger partial charge >= 0.3 is 6.09 Å². The predicted molar refractivity (Wildman–Crippen MR) is 134 cm³/mol. The minimum absolute atomic E-state index is 0.0308. The molecule has 5 N–H and O–H groups in total. The number of nitrogens with two attached hydrogens (primary N) is 1. The highest BCUT2D eigenvalue weighted by Gasteiger charge is 2.32. The lowest BCUT2D eigenvalue weighted by molar-refractivity contribution is 0.0833. The molecule has 0 radical (unpaired) electrons. The fourth-order valence-electron chi connectivity index (χ4n) is 4.15. The first-order valence-corrected chi connectivity index (χ1v) is 11.7. The van der Waals surface area contributed by atoms with E-state index in [0.29, 0.717) is 24.3 Å². The largest absolute Gasteiger partial charge is 0.490 e. The van der Waals surface area contributed by atoms with Gasteiger partial charge in [0.15, 0.2) is 0 Å². The number of amides is 2. The van der Waals surface area contributed by atoms with Gasteiger partial charge in [0.1, 0.15) is 29.9 Å². The maximum absolute atomic E-state index is 11.6. The van der Waals surface area contributed by atoms with Crippen LogP contribution < -0.4 is 26.1 Å². The molecule has 1 aromatic heterocycles. The van der Waals surface area contributed by atoms with Crippen LogP contribution in [0.4, 0.5) is 4.79 Å². The van der Waals surface area contributed by atoms with Crippen molar-refractivity contribution < 1.29 is 24.2 Å². The minimum Gasteiger partial charge on any atom is -0.490 e. The number of carbonyl (C=O) groups excluding carboxylic acids is 1. The summed E-state index contributed by atoms with van der Waals surface area (Å²) in [5.74, 6) is 6.19. The number of hydrogen-bond acceptors (Lipinski definition) is 6. The zero-order valence-electron chi connectivity index (χ0n) is 20.2. The molecule has 1 aliphatic carbocycles. The molecule has 3 aromatic rings. The lowest BCUT2D eigenvalue weighted by Crippen LogP contribution is -2.48. The summed E-state index contributed by atoms with van der Waals surface area (Å²) >= 11 is 0. The molecule has 9 nitrogen and oxygen atoms in total. The Bertz CT molecular complexity index is 1210. The second kappa shape index (κ2) is 10.7. The van der Waals surface area contributed by atoms with E-state index in [4.69, 9.17) is 20.4 Å². The number of aromatic nitrogens is 1. The standard InChI is InChI=1S/C27H30N4O5/c1-27(2,18-8-12-22(13-9-18)36-23-14-20(15-23)30-26(33)34)17-6-10-21(11-7-17)35-16-19-4-3-5-24(29-19)25(32)31-28/h3-13,20,23,30H,14-16,28H2,1-2H3,(H,31,32)(H,33,34)/t20-,23-. The number of pyridine rings is 1. The molecule has 1 fully saturated rings. The van der Waals surface area contributed by atoms with Gasteiger partial charge in [0.25, 0.3) is 5.91 Å². The summed E-state index contributed by atoms with van der Waals surface area (Å²) in [4.78, 5) is 26.6. The third-order valence-electron chi connectivity index (χ3n) is 6.43. The van der Waals surface area contributed by atoms with E-state index in [-0.39, 0.29) is 29.9 Å². The van der Waals surface area contributed by atoms with E-state index >= 15 is 0 Å². The molecule has 4 rings (SSSR count). The van der Waals surface area contributed by atoms with E-state index in [0.717, 1.165) is 16.9 Å². The van der Waals surface area contributed by atoms with Crippen LogP contribution in [0.3, 0.4) is 0 Å². The lowest BCUT2D eigenvalue weighted by atomic mass is 9.78. The molecule has 9 heteroatoms. The Kier molecular flexibility index (Phi) is 7.40. The fourth-order valence-corrected chi connectivity index (χ4v) is 4.15. The summed E-state index contributed by atoms with van der Waals surface area (Å²) in [6.45, 7) is 4.54. The quantitative estimate of drug-likeness (QED) is 0.204. The maximum atomic E-state index is 11.6. The molecule has 1 saturated carbocycles. The second-order valence-corrected chi connectivity index (χ2v) is 9.31. The molecule has 0 saturated heterocycles. The number of nitrogen functional groups attached to an aromatic ring is 1. The normalized spacial score (nSPS) is 17.0. The van der Waals surface area contributed by atoms with Crippen molar-refractivity contribution in [2.75, 3.05) is 0 Å². The molecule has 0 spiro atoms. The van der Waals surface area contributed by atoms with Gasteiger partial charge in [-0.2, -0.15) is 0 Å². The number of carboxylic acid groups (broad SMARTS) is 1. The van der Waals surface area contributed by atoms with Crippen molar-refractivity contribution in [3.63, 3.8) is 0 Å². The van der Waals surface area contributed by atoms with Crippen molar-refractivity contribution in [2.24, 2.45) is 5.84 Å². The molecule has 0 atom stereocenters.